The van der Waals surface area contributed by atoms with E-state index in [0.717, 1.165) is 5.92 Å². The number of nitrogens with zero attached hydrogens (tertiary/aromatic N) is 1. The van der Waals surface area contributed by atoms with Crippen molar-refractivity contribution >= 4 is 0 Å². The molecule has 104 valence electrons. The molecular formula is C17H25NO. The predicted octanol–water partition coefficient (Wildman–Crippen LogP) is 3.55. The van der Waals surface area contributed by atoms with E-state index in [1.165, 1.54) is 57.3 Å². The molecule has 2 heteroatoms. The van der Waals surface area contributed by atoms with Gasteiger partial charge in [-0.1, -0.05) is 38.3 Å². The summed E-state index contributed by atoms with van der Waals surface area (Å²) in [4.78, 5) is 2.63. The Bertz CT molecular complexity index is 445. The van der Waals surface area contributed by atoms with Crippen LogP contribution in [0.1, 0.15) is 44.6 Å². The van der Waals surface area contributed by atoms with Crippen LogP contribution in [0.25, 0.3) is 0 Å². The molecule has 19 heavy (non-hydrogen) atoms. The van der Waals surface area contributed by atoms with Crippen LogP contribution < -0.4 is 0 Å². The predicted molar refractivity (Wildman–Crippen MR) is 78.5 cm³/mol. The van der Waals surface area contributed by atoms with E-state index in [2.05, 4.69) is 17.9 Å². The van der Waals surface area contributed by atoms with E-state index >= 15 is 0 Å². The summed E-state index contributed by atoms with van der Waals surface area (Å²) in [6.45, 7) is 5.99. The molecule has 2 fully saturated rings. The zero-order valence-corrected chi connectivity index (χ0v) is 11.9. The fraction of sp³-hybridized carbons (Fsp3) is 0.647. The minimum absolute atomic E-state index is 0.378. The van der Waals surface area contributed by atoms with Gasteiger partial charge in [-0.2, -0.15) is 0 Å². The van der Waals surface area contributed by atoms with E-state index in [-0.39, 0.29) is 0 Å². The Morgan fingerprint density at radius 2 is 2.21 bits per heavy atom. The van der Waals surface area contributed by atoms with Crippen molar-refractivity contribution < 1.29 is 5.11 Å². The number of phenolic OH excluding ortho intramolecular Hbond substituents is 1. The number of benzene rings is 1. The number of piperidine rings is 1. The lowest BCUT2D eigenvalue weighted by Gasteiger charge is -2.21. The molecule has 0 bridgehead atoms. The van der Waals surface area contributed by atoms with Crippen LogP contribution in [0.4, 0.5) is 0 Å². The van der Waals surface area contributed by atoms with E-state index in [1.807, 2.05) is 12.1 Å². The van der Waals surface area contributed by atoms with E-state index < -0.39 is 0 Å². The van der Waals surface area contributed by atoms with Crippen molar-refractivity contribution in [2.45, 2.75) is 44.4 Å². The Morgan fingerprint density at radius 1 is 1.32 bits per heavy atom. The maximum atomic E-state index is 9.66. The number of unbranched alkanes of at least 4 members (excludes halogenated alkanes) is 3. The van der Waals surface area contributed by atoms with Crippen LogP contribution in [-0.4, -0.2) is 29.6 Å². The topological polar surface area (TPSA) is 23.5 Å². The number of hydrogen-bond donors (Lipinski definition) is 1. The van der Waals surface area contributed by atoms with Crippen LogP contribution in [-0.2, 0) is 5.41 Å². The summed E-state index contributed by atoms with van der Waals surface area (Å²) in [5.41, 5.74) is 1.73. The lowest BCUT2D eigenvalue weighted by atomic mass is 9.95. The summed E-state index contributed by atoms with van der Waals surface area (Å²) in [6.07, 6.45) is 6.72. The van der Waals surface area contributed by atoms with Crippen LogP contribution >= 0.6 is 0 Å². The molecule has 3 rings (SSSR count). The molecule has 1 aromatic carbocycles. The molecule has 1 heterocycles. The Labute approximate surface area is 116 Å². The highest BCUT2D eigenvalue weighted by molar-refractivity contribution is 5.40. The van der Waals surface area contributed by atoms with Crippen molar-refractivity contribution in [3.63, 3.8) is 0 Å². The van der Waals surface area contributed by atoms with Crippen molar-refractivity contribution in [2.24, 2.45) is 5.92 Å². The van der Waals surface area contributed by atoms with E-state index in [1.54, 1.807) is 6.07 Å². The molecule has 1 saturated carbocycles. The van der Waals surface area contributed by atoms with Crippen LogP contribution in [0.5, 0.6) is 5.75 Å². The normalized spacial score (nSPS) is 29.4. The molecule has 1 aliphatic carbocycles. The fourth-order valence-electron chi connectivity index (χ4n) is 3.78. The SMILES string of the molecule is CCCCCCN1CC2CC2(c2cccc(O)c2)C1. The molecule has 1 saturated heterocycles. The van der Waals surface area contributed by atoms with Gasteiger partial charge in [-0.3, -0.25) is 0 Å². The minimum Gasteiger partial charge on any atom is -0.508 e. The molecule has 2 atom stereocenters. The summed E-state index contributed by atoms with van der Waals surface area (Å²) in [6, 6.07) is 7.93. The average molecular weight is 259 g/mol. The first-order valence-corrected chi connectivity index (χ1v) is 7.76. The molecule has 0 spiro atoms. The van der Waals surface area contributed by atoms with Crippen molar-refractivity contribution in [3.8, 4) is 5.75 Å². The molecule has 2 nitrogen and oxygen atoms in total. The monoisotopic (exact) mass is 259 g/mol. The maximum absolute atomic E-state index is 9.66. The van der Waals surface area contributed by atoms with Crippen molar-refractivity contribution in [1.82, 2.24) is 4.90 Å². The summed E-state index contributed by atoms with van der Waals surface area (Å²) in [5, 5.41) is 9.66. The number of rotatable bonds is 6. The molecule has 1 N–H and O–H groups in total. The lowest BCUT2D eigenvalue weighted by molar-refractivity contribution is 0.290. The van der Waals surface area contributed by atoms with Gasteiger partial charge in [-0.15, -0.1) is 0 Å². The van der Waals surface area contributed by atoms with Crippen LogP contribution in [0.15, 0.2) is 24.3 Å². The molecule has 0 aromatic heterocycles. The Kier molecular flexibility index (Phi) is 3.53. The lowest BCUT2D eigenvalue weighted by Crippen LogP contribution is -2.27. The van der Waals surface area contributed by atoms with Gasteiger partial charge in [-0.25, -0.2) is 0 Å². The quantitative estimate of drug-likeness (QED) is 0.790. The number of phenols is 1. The standard InChI is InChI=1S/C17H25NO/c1-2-3-4-5-9-18-12-15-11-17(15,13-18)14-7-6-8-16(19)10-14/h6-8,10,15,19H,2-5,9,11-13H2,1H3. The first kappa shape index (κ1) is 13.0. The van der Waals surface area contributed by atoms with Gasteiger partial charge in [-0.05, 0) is 43.0 Å². The third kappa shape index (κ3) is 2.51. The number of fused-ring (bicyclic) bond motifs is 1. The summed E-state index contributed by atoms with van der Waals surface area (Å²) >= 11 is 0. The molecule has 0 radical (unpaired) electrons. The van der Waals surface area contributed by atoms with Crippen molar-refractivity contribution in [2.75, 3.05) is 19.6 Å². The fourth-order valence-corrected chi connectivity index (χ4v) is 3.78. The molecule has 1 aliphatic heterocycles. The number of aromatic hydroxyl groups is 1. The first-order valence-electron chi connectivity index (χ1n) is 7.76. The van der Waals surface area contributed by atoms with Crippen LogP contribution in [0.3, 0.4) is 0 Å². The summed E-state index contributed by atoms with van der Waals surface area (Å²) in [7, 11) is 0. The number of hydrogen-bond acceptors (Lipinski definition) is 2. The molecule has 0 amide bonds. The third-order valence-corrected chi connectivity index (χ3v) is 4.97. The molecular weight excluding hydrogens is 234 g/mol. The van der Waals surface area contributed by atoms with Gasteiger partial charge < -0.3 is 10.0 Å². The second-order valence-corrected chi connectivity index (χ2v) is 6.40. The third-order valence-electron chi connectivity index (χ3n) is 4.97. The highest BCUT2D eigenvalue weighted by Gasteiger charge is 2.60. The second-order valence-electron chi connectivity index (χ2n) is 6.40. The Balaban J connectivity index is 1.57. The van der Waals surface area contributed by atoms with Gasteiger partial charge in [0.2, 0.25) is 0 Å². The van der Waals surface area contributed by atoms with E-state index in [9.17, 15) is 5.11 Å². The average Bonchev–Trinajstić information content (AvgIpc) is 2.98. The van der Waals surface area contributed by atoms with Gasteiger partial charge >= 0.3 is 0 Å². The van der Waals surface area contributed by atoms with Gasteiger partial charge in [0.25, 0.3) is 0 Å². The van der Waals surface area contributed by atoms with Crippen molar-refractivity contribution in [1.29, 1.82) is 0 Å². The van der Waals surface area contributed by atoms with Gasteiger partial charge in [0, 0.05) is 18.5 Å². The smallest absolute Gasteiger partial charge is 0.115 e. The Hall–Kier alpha value is -1.02. The van der Waals surface area contributed by atoms with Crippen LogP contribution in [0.2, 0.25) is 0 Å². The van der Waals surface area contributed by atoms with Crippen molar-refractivity contribution in [3.05, 3.63) is 29.8 Å². The van der Waals surface area contributed by atoms with E-state index in [0.29, 0.717) is 11.2 Å². The molecule has 2 aliphatic rings. The minimum atomic E-state index is 0.378. The summed E-state index contributed by atoms with van der Waals surface area (Å²) in [5.74, 6) is 1.25. The van der Waals surface area contributed by atoms with Gasteiger partial charge in [0.05, 0.1) is 0 Å². The highest BCUT2D eigenvalue weighted by Crippen LogP contribution is 2.59. The zero-order valence-electron chi connectivity index (χ0n) is 11.9. The Morgan fingerprint density at radius 3 is 3.00 bits per heavy atom. The molecule has 2 unspecified atom stereocenters. The zero-order chi connectivity index (χ0) is 13.3. The maximum Gasteiger partial charge on any atom is 0.115 e. The first-order chi connectivity index (χ1) is 9.24. The second kappa shape index (κ2) is 5.16. The van der Waals surface area contributed by atoms with E-state index in [4.69, 9.17) is 0 Å². The molecule has 1 aromatic rings. The van der Waals surface area contributed by atoms with Gasteiger partial charge in [0.15, 0.2) is 0 Å². The number of likely N-dealkylation sites (tertiary alicyclic amines) is 1. The highest BCUT2D eigenvalue weighted by atomic mass is 16.3. The van der Waals surface area contributed by atoms with Gasteiger partial charge in [0.1, 0.15) is 5.75 Å². The van der Waals surface area contributed by atoms with Crippen LogP contribution in [0, 0.1) is 5.92 Å². The summed E-state index contributed by atoms with van der Waals surface area (Å²) < 4.78 is 0. The largest absolute Gasteiger partial charge is 0.508 e.